The Morgan fingerprint density at radius 3 is 2.60 bits per heavy atom. The van der Waals surface area contributed by atoms with Gasteiger partial charge in [0.2, 0.25) is 0 Å². The average molecular weight is 413 g/mol. The predicted molar refractivity (Wildman–Crippen MR) is 113 cm³/mol. The molecule has 0 saturated heterocycles. The summed E-state index contributed by atoms with van der Waals surface area (Å²) in [4.78, 5) is 26.1. The molecule has 2 heterocycles. The monoisotopic (exact) mass is 413 g/mol. The number of halogens is 1. The predicted octanol–water partition coefficient (Wildman–Crippen LogP) is 3.63. The van der Waals surface area contributed by atoms with Crippen molar-refractivity contribution in [3.05, 3.63) is 42.2 Å². The van der Waals surface area contributed by atoms with Gasteiger partial charge in [-0.3, -0.25) is 4.79 Å². The first-order valence-corrected chi connectivity index (χ1v) is 10.1. The lowest BCUT2D eigenvalue weighted by Crippen LogP contribution is -2.49. The van der Waals surface area contributed by atoms with Crippen molar-refractivity contribution in [3.63, 3.8) is 0 Å². The van der Waals surface area contributed by atoms with Gasteiger partial charge in [-0.25, -0.2) is 19.3 Å². The highest BCUT2D eigenvalue weighted by Crippen LogP contribution is 2.39. The molecule has 0 aliphatic heterocycles. The SMILES string of the molecule is CC[C@H](C)C(CN)(C(=O)OC)c1cc(-c2ncnc3c2ncn3C(C)C)ccc1F. The van der Waals surface area contributed by atoms with E-state index in [2.05, 4.69) is 15.0 Å². The quantitative estimate of drug-likeness (QED) is 0.594. The number of aromatic nitrogens is 4. The standard InChI is InChI=1S/C22H28FN5O2/c1-6-14(4)22(10-24,21(29)30-5)16-9-15(7-8-17(16)23)18-19-20(26-11-25-18)28(12-27-19)13(2)3/h7-9,11-14H,6,10,24H2,1-5H3/t14-,22?/m0/s1. The summed E-state index contributed by atoms with van der Waals surface area (Å²) in [7, 11) is 1.30. The first-order valence-electron chi connectivity index (χ1n) is 10.1. The topological polar surface area (TPSA) is 95.9 Å². The fraction of sp³-hybridized carbons (Fsp3) is 0.455. The van der Waals surface area contributed by atoms with Gasteiger partial charge in [-0.2, -0.15) is 0 Å². The number of nitrogens with zero attached hydrogens (tertiary/aromatic N) is 4. The van der Waals surface area contributed by atoms with E-state index in [0.29, 0.717) is 28.8 Å². The zero-order valence-corrected chi connectivity index (χ0v) is 18.0. The third kappa shape index (κ3) is 3.35. The maximum Gasteiger partial charge on any atom is 0.317 e. The minimum Gasteiger partial charge on any atom is -0.468 e. The first kappa shape index (κ1) is 21.8. The van der Waals surface area contributed by atoms with Gasteiger partial charge < -0.3 is 15.0 Å². The minimum absolute atomic E-state index is 0.0732. The number of esters is 1. The molecule has 2 atom stereocenters. The van der Waals surface area contributed by atoms with Crippen LogP contribution in [0.5, 0.6) is 0 Å². The van der Waals surface area contributed by atoms with Gasteiger partial charge in [0.25, 0.3) is 0 Å². The van der Waals surface area contributed by atoms with Crippen LogP contribution in [0, 0.1) is 11.7 Å². The Balaban J connectivity index is 2.26. The van der Waals surface area contributed by atoms with E-state index in [1.165, 1.54) is 19.5 Å². The van der Waals surface area contributed by atoms with Crippen LogP contribution >= 0.6 is 0 Å². The molecule has 3 aromatic rings. The van der Waals surface area contributed by atoms with Gasteiger partial charge in [-0.15, -0.1) is 0 Å². The second-order valence-corrected chi connectivity index (χ2v) is 7.81. The van der Waals surface area contributed by atoms with Crippen LogP contribution in [-0.2, 0) is 14.9 Å². The Morgan fingerprint density at radius 2 is 2.00 bits per heavy atom. The number of hydrogen-bond acceptors (Lipinski definition) is 6. The number of nitrogens with two attached hydrogens (primary N) is 1. The maximum atomic E-state index is 15.1. The summed E-state index contributed by atoms with van der Waals surface area (Å²) in [5.74, 6) is -1.29. The highest BCUT2D eigenvalue weighted by atomic mass is 19.1. The highest BCUT2D eigenvalue weighted by molar-refractivity contribution is 5.89. The van der Waals surface area contributed by atoms with Crippen molar-refractivity contribution in [2.24, 2.45) is 11.7 Å². The molecule has 7 nitrogen and oxygen atoms in total. The van der Waals surface area contributed by atoms with Crippen LogP contribution in [0.3, 0.4) is 0 Å². The Morgan fingerprint density at radius 1 is 1.27 bits per heavy atom. The fourth-order valence-corrected chi connectivity index (χ4v) is 3.96. The van der Waals surface area contributed by atoms with E-state index in [9.17, 15) is 4.79 Å². The molecule has 1 aromatic carbocycles. The summed E-state index contributed by atoms with van der Waals surface area (Å²) >= 11 is 0. The Bertz CT molecular complexity index is 1060. The molecule has 0 spiro atoms. The number of hydrogen-bond donors (Lipinski definition) is 1. The van der Waals surface area contributed by atoms with Crippen molar-refractivity contribution >= 4 is 17.1 Å². The first-order chi connectivity index (χ1) is 14.3. The minimum atomic E-state index is -1.30. The molecule has 0 amide bonds. The number of methoxy groups -OCH3 is 1. The molecule has 3 rings (SSSR count). The van der Waals surface area contributed by atoms with Gasteiger partial charge >= 0.3 is 5.97 Å². The van der Waals surface area contributed by atoms with Crippen molar-refractivity contribution < 1.29 is 13.9 Å². The largest absolute Gasteiger partial charge is 0.468 e. The van der Waals surface area contributed by atoms with E-state index in [4.69, 9.17) is 10.5 Å². The van der Waals surface area contributed by atoms with Crippen LogP contribution in [0.4, 0.5) is 4.39 Å². The van der Waals surface area contributed by atoms with E-state index < -0.39 is 17.2 Å². The maximum absolute atomic E-state index is 15.1. The molecule has 0 aliphatic carbocycles. The van der Waals surface area contributed by atoms with E-state index in [1.807, 2.05) is 32.3 Å². The molecule has 0 aliphatic rings. The summed E-state index contributed by atoms with van der Waals surface area (Å²) in [6.07, 6.45) is 3.81. The molecule has 30 heavy (non-hydrogen) atoms. The summed E-state index contributed by atoms with van der Waals surface area (Å²) in [6.45, 7) is 7.82. The van der Waals surface area contributed by atoms with Crippen molar-refractivity contribution in [3.8, 4) is 11.3 Å². The van der Waals surface area contributed by atoms with Crippen LogP contribution in [0.1, 0.15) is 45.7 Å². The number of carbonyl (C=O) groups is 1. The van der Waals surface area contributed by atoms with Gasteiger partial charge in [-0.05, 0) is 38.0 Å². The van der Waals surface area contributed by atoms with Crippen LogP contribution < -0.4 is 5.73 Å². The van der Waals surface area contributed by atoms with Crippen LogP contribution in [0.2, 0.25) is 0 Å². The lowest BCUT2D eigenvalue weighted by Gasteiger charge is -2.36. The van der Waals surface area contributed by atoms with Crippen LogP contribution in [-0.4, -0.2) is 39.1 Å². The summed E-state index contributed by atoms with van der Waals surface area (Å²) in [6, 6.07) is 4.79. The second kappa shape index (κ2) is 8.47. The smallest absolute Gasteiger partial charge is 0.317 e. The highest BCUT2D eigenvalue weighted by Gasteiger charge is 2.46. The Hall–Kier alpha value is -2.87. The number of benzene rings is 1. The van der Waals surface area contributed by atoms with Gasteiger partial charge in [0.1, 0.15) is 28.8 Å². The van der Waals surface area contributed by atoms with E-state index in [-0.39, 0.29) is 24.1 Å². The van der Waals surface area contributed by atoms with Gasteiger partial charge in [0.05, 0.1) is 13.4 Å². The number of ether oxygens (including phenoxy) is 1. The number of carbonyl (C=O) groups excluding carboxylic acids is 1. The van der Waals surface area contributed by atoms with Crippen molar-refractivity contribution in [1.82, 2.24) is 19.5 Å². The third-order valence-electron chi connectivity index (χ3n) is 5.96. The molecule has 0 radical (unpaired) electrons. The second-order valence-electron chi connectivity index (χ2n) is 7.81. The molecule has 160 valence electrons. The molecule has 1 unspecified atom stereocenters. The molecule has 0 saturated carbocycles. The zero-order chi connectivity index (χ0) is 22.1. The van der Waals surface area contributed by atoms with Crippen LogP contribution in [0.25, 0.3) is 22.4 Å². The molecule has 0 bridgehead atoms. The van der Waals surface area contributed by atoms with Crippen molar-refractivity contribution in [2.45, 2.75) is 45.6 Å². The summed E-state index contributed by atoms with van der Waals surface area (Å²) in [5, 5.41) is 0. The van der Waals surface area contributed by atoms with Crippen molar-refractivity contribution in [2.75, 3.05) is 13.7 Å². The average Bonchev–Trinajstić information content (AvgIpc) is 3.19. The fourth-order valence-electron chi connectivity index (χ4n) is 3.96. The normalized spacial score (nSPS) is 14.7. The summed E-state index contributed by atoms with van der Waals surface area (Å²) < 4.78 is 22.1. The molecule has 0 fully saturated rings. The molecule has 8 heteroatoms. The van der Waals surface area contributed by atoms with Gasteiger partial charge in [0.15, 0.2) is 5.65 Å². The Kier molecular flexibility index (Phi) is 6.17. The third-order valence-corrected chi connectivity index (χ3v) is 5.96. The van der Waals surface area contributed by atoms with E-state index >= 15 is 4.39 Å². The molecular formula is C22H28FN5O2. The Labute approximate surface area is 175 Å². The lowest BCUT2D eigenvalue weighted by molar-refractivity contribution is -0.149. The lowest BCUT2D eigenvalue weighted by atomic mass is 9.69. The molecular weight excluding hydrogens is 385 g/mol. The van der Waals surface area contributed by atoms with Gasteiger partial charge in [-0.1, -0.05) is 20.3 Å². The number of imidazole rings is 1. The zero-order valence-electron chi connectivity index (χ0n) is 18.0. The molecule has 2 aromatic heterocycles. The van der Waals surface area contributed by atoms with E-state index in [0.717, 1.165) is 0 Å². The van der Waals surface area contributed by atoms with Crippen LogP contribution in [0.15, 0.2) is 30.9 Å². The van der Waals surface area contributed by atoms with Gasteiger partial charge in [0, 0.05) is 23.7 Å². The number of rotatable bonds is 7. The number of fused-ring (bicyclic) bond motifs is 1. The summed E-state index contributed by atoms with van der Waals surface area (Å²) in [5.41, 5.74) is 7.49. The van der Waals surface area contributed by atoms with Crippen molar-refractivity contribution in [1.29, 1.82) is 0 Å². The molecule has 2 N–H and O–H groups in total. The van der Waals surface area contributed by atoms with E-state index in [1.54, 1.807) is 18.5 Å².